The van der Waals surface area contributed by atoms with Crippen LogP contribution in [0.3, 0.4) is 0 Å². The first-order valence-corrected chi connectivity index (χ1v) is 9.90. The molecule has 0 radical (unpaired) electrons. The van der Waals surface area contributed by atoms with E-state index < -0.39 is 0 Å². The lowest BCUT2D eigenvalue weighted by molar-refractivity contribution is -0.901. The van der Waals surface area contributed by atoms with E-state index in [1.54, 1.807) is 6.92 Å². The van der Waals surface area contributed by atoms with Crippen molar-refractivity contribution in [3.63, 3.8) is 0 Å². The molecular formula is C24H34N2O2+2. The zero-order valence-electron chi connectivity index (χ0n) is 17.9. The number of carbonyl (C=O) groups is 2. The smallest absolute Gasteiger partial charge is 0.216 e. The maximum atomic E-state index is 12.7. The average molecular weight is 383 g/mol. The lowest BCUT2D eigenvalue weighted by Gasteiger charge is -2.32. The van der Waals surface area contributed by atoms with E-state index in [4.69, 9.17) is 0 Å². The molecule has 4 heteroatoms. The molecule has 0 unspecified atom stereocenters. The Bertz CT molecular complexity index is 793. The molecule has 0 atom stereocenters. The highest BCUT2D eigenvalue weighted by atomic mass is 16.1. The lowest BCUT2D eigenvalue weighted by Crippen LogP contribution is -2.48. The fraction of sp³-hybridized carbons (Fsp3) is 0.417. The van der Waals surface area contributed by atoms with E-state index >= 15 is 0 Å². The molecule has 2 aromatic carbocycles. The van der Waals surface area contributed by atoms with Gasteiger partial charge in [0.25, 0.3) is 0 Å². The van der Waals surface area contributed by atoms with Gasteiger partial charge in [0.15, 0.2) is 5.78 Å². The number of Topliss-reactive ketones (excluding diaryl/α,β-unsaturated/α-hetero) is 2. The number of quaternary nitrogens is 2. The Balaban J connectivity index is 1.91. The first kappa shape index (κ1) is 22.0. The average Bonchev–Trinajstić information content (AvgIpc) is 2.60. The number of benzene rings is 2. The summed E-state index contributed by atoms with van der Waals surface area (Å²) in [6.45, 7) is 4.52. The number of hydrogen-bond donors (Lipinski definition) is 0. The molecule has 150 valence electrons. The van der Waals surface area contributed by atoms with Gasteiger partial charge >= 0.3 is 0 Å². The Morgan fingerprint density at radius 3 is 1.75 bits per heavy atom. The highest BCUT2D eigenvalue weighted by Gasteiger charge is 2.24. The Kier molecular flexibility index (Phi) is 7.28. The predicted molar refractivity (Wildman–Crippen MR) is 115 cm³/mol. The van der Waals surface area contributed by atoms with Crippen molar-refractivity contribution >= 4 is 11.6 Å². The Hall–Kier alpha value is -2.30. The number of rotatable bonds is 10. The van der Waals surface area contributed by atoms with Gasteiger partial charge in [-0.15, -0.1) is 0 Å². The van der Waals surface area contributed by atoms with Crippen LogP contribution in [-0.2, 0) is 4.79 Å². The van der Waals surface area contributed by atoms with Gasteiger partial charge < -0.3 is 8.97 Å². The SMILES string of the molecule is CC(=O)C[N+](C)(C)CCC[N+](C)(C)CC(=O)c1ccc(-c2ccccc2)cc1. The molecule has 0 heterocycles. The third-order valence-electron chi connectivity index (χ3n) is 5.06. The van der Waals surface area contributed by atoms with Gasteiger partial charge in [-0.05, 0) is 11.1 Å². The quantitative estimate of drug-likeness (QED) is 0.464. The minimum Gasteiger partial charge on any atom is -0.322 e. The fourth-order valence-electron chi connectivity index (χ4n) is 3.65. The van der Waals surface area contributed by atoms with Gasteiger partial charge in [0.1, 0.15) is 13.1 Å². The molecule has 0 amide bonds. The molecule has 0 aliphatic heterocycles. The minimum absolute atomic E-state index is 0.169. The van der Waals surface area contributed by atoms with E-state index in [2.05, 4.69) is 40.3 Å². The third-order valence-corrected chi connectivity index (χ3v) is 5.06. The van der Waals surface area contributed by atoms with E-state index in [0.717, 1.165) is 36.2 Å². The second-order valence-electron chi connectivity index (χ2n) is 9.06. The second-order valence-corrected chi connectivity index (χ2v) is 9.06. The first-order chi connectivity index (χ1) is 13.1. The van der Waals surface area contributed by atoms with Crippen LogP contribution >= 0.6 is 0 Å². The van der Waals surface area contributed by atoms with Crippen LogP contribution in [0.1, 0.15) is 23.7 Å². The van der Waals surface area contributed by atoms with E-state index in [1.807, 2.05) is 42.5 Å². The largest absolute Gasteiger partial charge is 0.322 e. The maximum absolute atomic E-state index is 12.7. The van der Waals surface area contributed by atoms with E-state index in [9.17, 15) is 9.59 Å². The summed E-state index contributed by atoms with van der Waals surface area (Å²) in [7, 11) is 8.37. The van der Waals surface area contributed by atoms with Crippen molar-refractivity contribution in [3.05, 3.63) is 60.2 Å². The predicted octanol–water partition coefficient (Wildman–Crippen LogP) is 3.67. The van der Waals surface area contributed by atoms with Crippen LogP contribution in [0.5, 0.6) is 0 Å². The molecule has 0 spiro atoms. The summed E-state index contributed by atoms with van der Waals surface area (Å²) in [5.74, 6) is 0.384. The number of likely N-dealkylation sites (N-methyl/N-ethyl adjacent to an activating group) is 2. The van der Waals surface area contributed by atoms with Crippen LogP contribution in [0.25, 0.3) is 11.1 Å². The van der Waals surface area contributed by atoms with Gasteiger partial charge in [0.05, 0.1) is 41.3 Å². The molecule has 0 aliphatic carbocycles. The summed E-state index contributed by atoms with van der Waals surface area (Å²) in [6, 6.07) is 18.1. The molecule has 2 aromatic rings. The molecule has 0 N–H and O–H groups in total. The lowest BCUT2D eigenvalue weighted by atomic mass is 10.0. The van der Waals surface area contributed by atoms with Crippen molar-refractivity contribution in [3.8, 4) is 11.1 Å². The summed E-state index contributed by atoms with van der Waals surface area (Å²) in [5, 5.41) is 0. The van der Waals surface area contributed by atoms with Crippen molar-refractivity contribution in [1.82, 2.24) is 0 Å². The van der Waals surface area contributed by atoms with E-state index in [-0.39, 0.29) is 11.6 Å². The topological polar surface area (TPSA) is 34.1 Å². The molecule has 28 heavy (non-hydrogen) atoms. The van der Waals surface area contributed by atoms with Gasteiger partial charge in [-0.1, -0.05) is 54.6 Å². The van der Waals surface area contributed by atoms with Crippen LogP contribution in [0, 0.1) is 0 Å². The number of hydrogen-bond acceptors (Lipinski definition) is 2. The molecule has 0 bridgehead atoms. The van der Waals surface area contributed by atoms with Gasteiger partial charge in [-0.25, -0.2) is 0 Å². The number of ketones is 2. The monoisotopic (exact) mass is 382 g/mol. The summed E-state index contributed by atoms with van der Waals surface area (Å²) >= 11 is 0. The highest BCUT2D eigenvalue weighted by molar-refractivity contribution is 5.97. The standard InChI is InChI=1S/C24H34N2O2/c1-20(27)18-25(2,3)16-9-17-26(4,5)19-24(28)23-14-12-22(13-15-23)21-10-7-6-8-11-21/h6-8,10-15H,9,16-19H2,1-5H3/q+2. The molecule has 0 aromatic heterocycles. The van der Waals surface area contributed by atoms with Crippen LogP contribution in [0.2, 0.25) is 0 Å². The molecule has 0 aliphatic rings. The highest BCUT2D eigenvalue weighted by Crippen LogP contribution is 2.19. The van der Waals surface area contributed by atoms with Crippen LogP contribution < -0.4 is 0 Å². The zero-order valence-corrected chi connectivity index (χ0v) is 17.9. The molecular weight excluding hydrogens is 348 g/mol. The zero-order chi connectivity index (χ0) is 20.8. The molecule has 0 saturated carbocycles. The molecule has 2 rings (SSSR count). The van der Waals surface area contributed by atoms with Crippen molar-refractivity contribution in [2.75, 3.05) is 54.4 Å². The van der Waals surface area contributed by atoms with Crippen molar-refractivity contribution in [2.45, 2.75) is 13.3 Å². The van der Waals surface area contributed by atoms with Gasteiger partial charge in [0.2, 0.25) is 5.78 Å². The minimum atomic E-state index is 0.169. The summed E-state index contributed by atoms with van der Waals surface area (Å²) in [4.78, 5) is 24.1. The van der Waals surface area contributed by atoms with Gasteiger partial charge in [0, 0.05) is 18.9 Å². The van der Waals surface area contributed by atoms with Crippen molar-refractivity contribution in [1.29, 1.82) is 0 Å². The normalized spacial score (nSPS) is 12.0. The molecule has 0 saturated heterocycles. The first-order valence-electron chi connectivity index (χ1n) is 9.90. The van der Waals surface area contributed by atoms with Gasteiger partial charge in [-0.2, -0.15) is 0 Å². The number of carbonyl (C=O) groups excluding carboxylic acids is 2. The van der Waals surface area contributed by atoms with Crippen molar-refractivity contribution < 1.29 is 18.6 Å². The fourth-order valence-corrected chi connectivity index (χ4v) is 3.65. The summed E-state index contributed by atoms with van der Waals surface area (Å²) in [6.07, 6.45) is 0.980. The Labute approximate surface area is 169 Å². The summed E-state index contributed by atoms with van der Waals surface area (Å²) < 4.78 is 1.35. The molecule has 0 fully saturated rings. The third kappa shape index (κ3) is 7.02. The second kappa shape index (κ2) is 9.26. The van der Waals surface area contributed by atoms with Crippen LogP contribution in [0.4, 0.5) is 0 Å². The Morgan fingerprint density at radius 1 is 0.714 bits per heavy atom. The summed E-state index contributed by atoms with van der Waals surface area (Å²) in [5.41, 5.74) is 3.04. The number of nitrogens with zero attached hydrogens (tertiary/aromatic N) is 2. The maximum Gasteiger partial charge on any atom is 0.216 e. The Morgan fingerprint density at radius 2 is 1.21 bits per heavy atom. The van der Waals surface area contributed by atoms with E-state index in [0.29, 0.717) is 22.1 Å². The van der Waals surface area contributed by atoms with Gasteiger partial charge in [-0.3, -0.25) is 9.59 Å². The van der Waals surface area contributed by atoms with Crippen molar-refractivity contribution in [2.24, 2.45) is 0 Å². The van der Waals surface area contributed by atoms with E-state index in [1.165, 1.54) is 0 Å². The van der Waals surface area contributed by atoms with Crippen LogP contribution in [0.15, 0.2) is 54.6 Å². The van der Waals surface area contributed by atoms with Crippen LogP contribution in [-0.4, -0.2) is 74.9 Å². The molecule has 4 nitrogen and oxygen atoms in total.